The first-order valence-corrected chi connectivity index (χ1v) is 9.40. The number of nitrogens with zero attached hydrogens (tertiary/aromatic N) is 2. The van der Waals surface area contributed by atoms with Gasteiger partial charge in [0.1, 0.15) is 12.1 Å². The van der Waals surface area contributed by atoms with Crippen LogP contribution in [0.2, 0.25) is 0 Å². The lowest BCUT2D eigenvalue weighted by atomic mass is 10.0. The Bertz CT molecular complexity index is 378. The maximum Gasteiger partial charge on any atom is 0.323 e. The Kier molecular flexibility index (Phi) is 9.89. The van der Waals surface area contributed by atoms with E-state index in [1.807, 2.05) is 16.7 Å². The number of ether oxygens (including phenoxy) is 1. The number of aliphatic hydroxyl groups excluding tert-OH is 3. The van der Waals surface area contributed by atoms with E-state index in [1.165, 1.54) is 0 Å². The van der Waals surface area contributed by atoms with Crippen LogP contribution in [-0.4, -0.2) is 94.3 Å². The summed E-state index contributed by atoms with van der Waals surface area (Å²) in [5, 5.41) is 28.8. The SMILES string of the molecule is CC(O)CN(CCCCC1C(=O)OC(C)CN1CC(C)O)CC(C)O. The first kappa shape index (κ1) is 22.3. The number of esters is 1. The number of β-amino-alcohol motifs (C(OH)–C–C–N with tert-alkyl or cyclic N) is 1. The molecule has 1 fully saturated rings. The zero-order chi connectivity index (χ0) is 19.0. The van der Waals surface area contributed by atoms with E-state index in [0.29, 0.717) is 32.6 Å². The molecule has 1 heterocycles. The van der Waals surface area contributed by atoms with Gasteiger partial charge in [0.2, 0.25) is 0 Å². The number of hydrogen-bond acceptors (Lipinski definition) is 7. The molecule has 0 aliphatic carbocycles. The van der Waals surface area contributed by atoms with Crippen LogP contribution in [0.4, 0.5) is 0 Å². The van der Waals surface area contributed by atoms with Crippen molar-refractivity contribution < 1.29 is 24.9 Å². The average Bonchev–Trinajstić information content (AvgIpc) is 2.43. The van der Waals surface area contributed by atoms with E-state index in [2.05, 4.69) is 0 Å². The normalized spacial score (nSPS) is 25.7. The first-order valence-electron chi connectivity index (χ1n) is 9.40. The van der Waals surface area contributed by atoms with Crippen molar-refractivity contribution in [2.75, 3.05) is 32.7 Å². The highest BCUT2D eigenvalue weighted by molar-refractivity contribution is 5.76. The number of hydrogen-bond donors (Lipinski definition) is 3. The van der Waals surface area contributed by atoms with E-state index in [0.717, 1.165) is 19.4 Å². The third-order valence-electron chi connectivity index (χ3n) is 4.27. The zero-order valence-corrected chi connectivity index (χ0v) is 16.1. The zero-order valence-electron chi connectivity index (χ0n) is 16.1. The highest BCUT2D eigenvalue weighted by Crippen LogP contribution is 2.19. The number of aliphatic hydroxyl groups is 3. The summed E-state index contributed by atoms with van der Waals surface area (Å²) in [5.74, 6) is -0.204. The van der Waals surface area contributed by atoms with Gasteiger partial charge in [-0.05, 0) is 47.1 Å². The van der Waals surface area contributed by atoms with Gasteiger partial charge in [0, 0.05) is 26.2 Å². The number of cyclic esters (lactones) is 1. The molecule has 1 rings (SSSR count). The van der Waals surface area contributed by atoms with Crippen molar-refractivity contribution >= 4 is 5.97 Å². The molecule has 7 nitrogen and oxygen atoms in total. The Morgan fingerprint density at radius 2 is 1.72 bits per heavy atom. The van der Waals surface area contributed by atoms with Gasteiger partial charge in [-0.2, -0.15) is 0 Å². The Labute approximate surface area is 151 Å². The topological polar surface area (TPSA) is 93.5 Å². The van der Waals surface area contributed by atoms with Crippen LogP contribution in [0.1, 0.15) is 47.0 Å². The number of carbonyl (C=O) groups is 1. The fourth-order valence-electron chi connectivity index (χ4n) is 3.44. The van der Waals surface area contributed by atoms with Crippen molar-refractivity contribution in [3.63, 3.8) is 0 Å². The summed E-state index contributed by atoms with van der Waals surface area (Å²) in [4.78, 5) is 16.3. The highest BCUT2D eigenvalue weighted by Gasteiger charge is 2.34. The Hall–Kier alpha value is -0.730. The molecule has 148 valence electrons. The summed E-state index contributed by atoms with van der Waals surface area (Å²) in [6.45, 7) is 10.0. The quantitative estimate of drug-likeness (QED) is 0.358. The van der Waals surface area contributed by atoms with Gasteiger partial charge in [-0.25, -0.2) is 0 Å². The van der Waals surface area contributed by atoms with Crippen LogP contribution in [0.15, 0.2) is 0 Å². The molecule has 5 atom stereocenters. The van der Waals surface area contributed by atoms with Crippen molar-refractivity contribution in [3.05, 3.63) is 0 Å². The predicted molar refractivity (Wildman–Crippen MR) is 96.2 cm³/mol. The van der Waals surface area contributed by atoms with E-state index in [-0.39, 0.29) is 18.1 Å². The molecule has 0 saturated carbocycles. The molecule has 0 radical (unpaired) electrons. The van der Waals surface area contributed by atoms with Crippen molar-refractivity contribution in [2.24, 2.45) is 0 Å². The van der Waals surface area contributed by atoms with Gasteiger partial charge in [0.25, 0.3) is 0 Å². The van der Waals surface area contributed by atoms with Crippen LogP contribution in [0, 0.1) is 0 Å². The van der Waals surface area contributed by atoms with Crippen LogP contribution < -0.4 is 0 Å². The third kappa shape index (κ3) is 8.96. The number of rotatable bonds is 11. The molecule has 0 aromatic rings. The van der Waals surface area contributed by atoms with E-state index in [9.17, 15) is 20.1 Å². The van der Waals surface area contributed by atoms with Crippen LogP contribution in [0.3, 0.4) is 0 Å². The lowest BCUT2D eigenvalue weighted by Crippen LogP contribution is -2.53. The van der Waals surface area contributed by atoms with E-state index in [4.69, 9.17) is 4.74 Å². The Morgan fingerprint density at radius 3 is 2.24 bits per heavy atom. The molecule has 0 bridgehead atoms. The summed E-state index contributed by atoms with van der Waals surface area (Å²) >= 11 is 0. The van der Waals surface area contributed by atoms with Gasteiger partial charge >= 0.3 is 5.97 Å². The van der Waals surface area contributed by atoms with E-state index >= 15 is 0 Å². The van der Waals surface area contributed by atoms with Gasteiger partial charge < -0.3 is 20.1 Å². The van der Waals surface area contributed by atoms with Gasteiger partial charge in [-0.3, -0.25) is 14.6 Å². The molecule has 1 saturated heterocycles. The maximum atomic E-state index is 12.2. The van der Waals surface area contributed by atoms with E-state index in [1.54, 1.807) is 20.8 Å². The second-order valence-corrected chi connectivity index (χ2v) is 7.52. The number of carbonyl (C=O) groups excluding carboxylic acids is 1. The van der Waals surface area contributed by atoms with Gasteiger partial charge in [-0.15, -0.1) is 0 Å². The maximum absolute atomic E-state index is 12.2. The summed E-state index contributed by atoms with van der Waals surface area (Å²) < 4.78 is 5.36. The minimum Gasteiger partial charge on any atom is -0.460 e. The molecular weight excluding hydrogens is 324 g/mol. The fourth-order valence-corrected chi connectivity index (χ4v) is 3.44. The van der Waals surface area contributed by atoms with Crippen molar-refractivity contribution in [1.82, 2.24) is 9.80 Å². The Morgan fingerprint density at radius 1 is 1.12 bits per heavy atom. The van der Waals surface area contributed by atoms with E-state index < -0.39 is 18.3 Å². The summed E-state index contributed by atoms with van der Waals surface area (Å²) in [6.07, 6.45) is 0.922. The number of unbranched alkanes of at least 4 members (excludes halogenated alkanes) is 1. The molecular formula is C18H36N2O5. The molecule has 1 aliphatic rings. The third-order valence-corrected chi connectivity index (χ3v) is 4.27. The van der Waals surface area contributed by atoms with Gasteiger partial charge in [-0.1, -0.05) is 6.42 Å². The van der Waals surface area contributed by atoms with Crippen molar-refractivity contribution in [3.8, 4) is 0 Å². The summed E-state index contributed by atoms with van der Waals surface area (Å²) in [5.41, 5.74) is 0. The summed E-state index contributed by atoms with van der Waals surface area (Å²) in [7, 11) is 0. The van der Waals surface area contributed by atoms with Gasteiger partial charge in [0.15, 0.2) is 0 Å². The molecule has 7 heteroatoms. The summed E-state index contributed by atoms with van der Waals surface area (Å²) in [6, 6.07) is -0.298. The van der Waals surface area contributed by atoms with Crippen LogP contribution in [0.25, 0.3) is 0 Å². The molecule has 5 unspecified atom stereocenters. The Balaban J connectivity index is 2.46. The molecule has 3 N–H and O–H groups in total. The fraction of sp³-hybridized carbons (Fsp3) is 0.944. The molecule has 0 amide bonds. The first-order chi connectivity index (χ1) is 11.7. The lowest BCUT2D eigenvalue weighted by Gasteiger charge is -2.38. The van der Waals surface area contributed by atoms with Crippen molar-refractivity contribution in [1.29, 1.82) is 0 Å². The van der Waals surface area contributed by atoms with Crippen molar-refractivity contribution in [2.45, 2.75) is 77.4 Å². The van der Waals surface area contributed by atoms with Crippen LogP contribution in [-0.2, 0) is 9.53 Å². The second kappa shape index (κ2) is 11.1. The van der Waals surface area contributed by atoms with Crippen LogP contribution in [0.5, 0.6) is 0 Å². The van der Waals surface area contributed by atoms with Gasteiger partial charge in [0.05, 0.1) is 18.3 Å². The largest absolute Gasteiger partial charge is 0.460 e. The predicted octanol–water partition coefficient (Wildman–Crippen LogP) is 0.217. The molecule has 0 aromatic heterocycles. The monoisotopic (exact) mass is 360 g/mol. The standard InChI is InChI=1S/C18H36N2O5/c1-13(21)9-19(10-14(2)22)8-6-5-7-17-18(24)25-16(4)12-20(17)11-15(3)23/h13-17,21-23H,5-12H2,1-4H3. The molecule has 0 aromatic carbocycles. The van der Waals surface area contributed by atoms with Crippen LogP contribution >= 0.6 is 0 Å². The minimum atomic E-state index is -0.479. The lowest BCUT2D eigenvalue weighted by molar-refractivity contribution is -0.166. The molecule has 25 heavy (non-hydrogen) atoms. The number of morpholine rings is 1. The smallest absolute Gasteiger partial charge is 0.323 e. The molecule has 1 aliphatic heterocycles. The average molecular weight is 360 g/mol. The molecule has 0 spiro atoms. The highest BCUT2D eigenvalue weighted by atomic mass is 16.5. The minimum absolute atomic E-state index is 0.143. The second-order valence-electron chi connectivity index (χ2n) is 7.52.